The highest BCUT2D eigenvalue weighted by Gasteiger charge is 2.26. The third-order valence-corrected chi connectivity index (χ3v) is 3.61. The monoisotopic (exact) mass is 270 g/mol. The zero-order valence-corrected chi connectivity index (χ0v) is 10.4. The van der Waals surface area contributed by atoms with Crippen molar-refractivity contribution in [2.24, 2.45) is 0 Å². The van der Waals surface area contributed by atoms with Gasteiger partial charge in [0, 0.05) is 11.7 Å². The Kier molecular flexibility index (Phi) is 3.53. The predicted molar refractivity (Wildman–Crippen MR) is 66.5 cm³/mol. The molecular formula is C11H14N2O4S. The molecule has 0 atom stereocenters. The highest BCUT2D eigenvalue weighted by atomic mass is 32.2. The van der Waals surface area contributed by atoms with Crippen LogP contribution in [0.5, 0.6) is 0 Å². The van der Waals surface area contributed by atoms with Crippen molar-refractivity contribution in [2.45, 2.75) is 25.3 Å². The average Bonchev–Trinajstić information content (AvgIpc) is 3.03. The smallest absolute Gasteiger partial charge is 0.307 e. The van der Waals surface area contributed by atoms with Crippen molar-refractivity contribution in [1.29, 1.82) is 0 Å². The Morgan fingerprint density at radius 2 is 1.89 bits per heavy atom. The van der Waals surface area contributed by atoms with Gasteiger partial charge in [-0.05, 0) is 30.5 Å². The lowest BCUT2D eigenvalue weighted by Gasteiger charge is -2.08. The molecule has 0 heterocycles. The Hall–Kier alpha value is -1.60. The van der Waals surface area contributed by atoms with E-state index in [4.69, 9.17) is 5.11 Å². The first-order valence-corrected chi connectivity index (χ1v) is 7.04. The first kappa shape index (κ1) is 12.8. The summed E-state index contributed by atoms with van der Waals surface area (Å²) in [4.78, 5) is 10.5. The fourth-order valence-electron chi connectivity index (χ4n) is 1.47. The van der Waals surface area contributed by atoms with E-state index < -0.39 is 16.2 Å². The van der Waals surface area contributed by atoms with Crippen LogP contribution in [0.4, 0.5) is 5.69 Å². The Bertz CT molecular complexity index is 535. The highest BCUT2D eigenvalue weighted by molar-refractivity contribution is 7.90. The van der Waals surface area contributed by atoms with Crippen LogP contribution in [0.2, 0.25) is 0 Å². The van der Waals surface area contributed by atoms with E-state index in [2.05, 4.69) is 9.44 Å². The molecule has 3 N–H and O–H groups in total. The van der Waals surface area contributed by atoms with E-state index in [9.17, 15) is 13.2 Å². The number of rotatable bonds is 6. The van der Waals surface area contributed by atoms with Gasteiger partial charge in [0.15, 0.2) is 0 Å². The van der Waals surface area contributed by atoms with Gasteiger partial charge in [0.2, 0.25) is 0 Å². The van der Waals surface area contributed by atoms with Crippen molar-refractivity contribution < 1.29 is 18.3 Å². The van der Waals surface area contributed by atoms with Gasteiger partial charge >= 0.3 is 5.97 Å². The Morgan fingerprint density at radius 1 is 1.28 bits per heavy atom. The maximum absolute atomic E-state index is 11.6. The highest BCUT2D eigenvalue weighted by Crippen LogP contribution is 2.20. The molecule has 0 aliphatic heterocycles. The van der Waals surface area contributed by atoms with Crippen LogP contribution in [0.25, 0.3) is 0 Å². The van der Waals surface area contributed by atoms with Crippen LogP contribution in [0.3, 0.4) is 0 Å². The fraction of sp³-hybridized carbons (Fsp3) is 0.364. The minimum atomic E-state index is -3.52. The second kappa shape index (κ2) is 4.95. The van der Waals surface area contributed by atoms with Crippen molar-refractivity contribution >= 4 is 21.9 Å². The largest absolute Gasteiger partial charge is 0.481 e. The number of aliphatic carboxylic acids is 1. The van der Waals surface area contributed by atoms with E-state index in [1.165, 1.54) is 0 Å². The van der Waals surface area contributed by atoms with Crippen LogP contribution in [-0.2, 0) is 21.4 Å². The minimum absolute atomic E-state index is 0.0498. The van der Waals surface area contributed by atoms with Gasteiger partial charge in [0.05, 0.1) is 6.42 Å². The molecule has 6 nitrogen and oxygen atoms in total. The van der Waals surface area contributed by atoms with Crippen molar-refractivity contribution in [3.05, 3.63) is 29.8 Å². The van der Waals surface area contributed by atoms with Crippen LogP contribution < -0.4 is 9.44 Å². The van der Waals surface area contributed by atoms with Gasteiger partial charge in [0.1, 0.15) is 0 Å². The standard InChI is InChI=1S/C11H14N2O4S/c14-11(15)7-8-1-3-9(4-2-8)12-18(16,17)13-10-5-6-10/h1-4,10,12-13H,5-7H2,(H,14,15). The number of carboxylic acid groups (broad SMARTS) is 1. The first-order valence-electron chi connectivity index (χ1n) is 5.55. The molecule has 2 rings (SSSR count). The molecule has 18 heavy (non-hydrogen) atoms. The predicted octanol–water partition coefficient (Wildman–Crippen LogP) is 0.722. The first-order chi connectivity index (χ1) is 8.44. The Balaban J connectivity index is 1.98. The van der Waals surface area contributed by atoms with Gasteiger partial charge in [-0.2, -0.15) is 13.1 Å². The molecule has 0 saturated heterocycles. The Morgan fingerprint density at radius 3 is 2.39 bits per heavy atom. The summed E-state index contributed by atoms with van der Waals surface area (Å²) in [5.41, 5.74) is 1.04. The molecule has 1 saturated carbocycles. The van der Waals surface area contributed by atoms with E-state index in [1.807, 2.05) is 0 Å². The van der Waals surface area contributed by atoms with E-state index in [-0.39, 0.29) is 12.5 Å². The molecule has 98 valence electrons. The van der Waals surface area contributed by atoms with Gasteiger partial charge in [-0.3, -0.25) is 9.52 Å². The van der Waals surface area contributed by atoms with Crippen molar-refractivity contribution in [2.75, 3.05) is 4.72 Å². The number of benzene rings is 1. The summed E-state index contributed by atoms with van der Waals surface area (Å²) < 4.78 is 28.1. The molecular weight excluding hydrogens is 256 g/mol. The van der Waals surface area contributed by atoms with E-state index in [0.717, 1.165) is 12.8 Å². The molecule has 0 spiro atoms. The molecule has 1 aromatic rings. The lowest BCUT2D eigenvalue weighted by atomic mass is 10.1. The molecule has 0 unspecified atom stereocenters. The molecule has 0 bridgehead atoms. The van der Waals surface area contributed by atoms with Gasteiger partial charge in [-0.15, -0.1) is 0 Å². The van der Waals surface area contributed by atoms with Gasteiger partial charge in [0.25, 0.3) is 10.2 Å². The van der Waals surface area contributed by atoms with Crippen molar-refractivity contribution in [3.63, 3.8) is 0 Å². The van der Waals surface area contributed by atoms with Crippen molar-refractivity contribution in [1.82, 2.24) is 4.72 Å². The number of carbonyl (C=O) groups is 1. The number of carboxylic acids is 1. The molecule has 0 aromatic heterocycles. The summed E-state index contributed by atoms with van der Waals surface area (Å²) in [6.45, 7) is 0. The van der Waals surface area contributed by atoms with Crippen LogP contribution in [-0.4, -0.2) is 25.5 Å². The maximum Gasteiger partial charge on any atom is 0.307 e. The van der Waals surface area contributed by atoms with Crippen molar-refractivity contribution in [3.8, 4) is 0 Å². The average molecular weight is 270 g/mol. The quantitative estimate of drug-likeness (QED) is 0.710. The molecule has 0 radical (unpaired) electrons. The van der Waals surface area contributed by atoms with Crippen LogP contribution in [0.15, 0.2) is 24.3 Å². The van der Waals surface area contributed by atoms with Gasteiger partial charge in [-0.1, -0.05) is 12.1 Å². The van der Waals surface area contributed by atoms with Crippen LogP contribution >= 0.6 is 0 Å². The number of hydrogen-bond acceptors (Lipinski definition) is 3. The normalized spacial score (nSPS) is 15.3. The second-order valence-corrected chi connectivity index (χ2v) is 5.71. The molecule has 1 fully saturated rings. The summed E-state index contributed by atoms with van der Waals surface area (Å²) >= 11 is 0. The summed E-state index contributed by atoms with van der Waals surface area (Å²) in [7, 11) is -3.52. The van der Waals surface area contributed by atoms with Gasteiger partial charge < -0.3 is 5.11 Å². The third kappa shape index (κ3) is 4.01. The van der Waals surface area contributed by atoms with Crippen LogP contribution in [0.1, 0.15) is 18.4 Å². The van der Waals surface area contributed by atoms with E-state index >= 15 is 0 Å². The number of hydrogen-bond donors (Lipinski definition) is 3. The lowest BCUT2D eigenvalue weighted by Crippen LogP contribution is -2.31. The number of anilines is 1. The Labute approximate surface area is 105 Å². The maximum atomic E-state index is 11.6. The second-order valence-electron chi connectivity index (χ2n) is 4.27. The molecule has 1 aliphatic rings. The zero-order valence-electron chi connectivity index (χ0n) is 9.59. The molecule has 7 heteroatoms. The summed E-state index contributed by atoms with van der Waals surface area (Å²) in [5, 5.41) is 8.61. The SMILES string of the molecule is O=C(O)Cc1ccc(NS(=O)(=O)NC2CC2)cc1. The molecule has 0 amide bonds. The summed E-state index contributed by atoms with van der Waals surface area (Å²) in [6, 6.07) is 6.31. The van der Waals surface area contributed by atoms with Crippen LogP contribution in [0, 0.1) is 0 Å². The van der Waals surface area contributed by atoms with E-state index in [0.29, 0.717) is 11.3 Å². The summed E-state index contributed by atoms with van der Waals surface area (Å²) in [6.07, 6.45) is 1.67. The number of nitrogens with one attached hydrogen (secondary N) is 2. The third-order valence-electron chi connectivity index (χ3n) is 2.46. The fourth-order valence-corrected chi connectivity index (χ4v) is 2.65. The topological polar surface area (TPSA) is 95.5 Å². The summed E-state index contributed by atoms with van der Waals surface area (Å²) in [5.74, 6) is -0.918. The van der Waals surface area contributed by atoms with Gasteiger partial charge in [-0.25, -0.2) is 0 Å². The van der Waals surface area contributed by atoms with E-state index in [1.54, 1.807) is 24.3 Å². The minimum Gasteiger partial charge on any atom is -0.481 e. The lowest BCUT2D eigenvalue weighted by molar-refractivity contribution is -0.136. The molecule has 1 aromatic carbocycles. The molecule has 1 aliphatic carbocycles. The zero-order chi connectivity index (χ0) is 13.2.